The molecule has 0 aliphatic heterocycles. The Balaban J connectivity index is 2.07. The third-order valence-corrected chi connectivity index (χ3v) is 3.26. The lowest BCUT2D eigenvalue weighted by Crippen LogP contribution is -2.08. The Bertz CT molecular complexity index is 698. The largest absolute Gasteiger partial charge is 0.495 e. The van der Waals surface area contributed by atoms with Crippen LogP contribution in [0.25, 0.3) is 6.08 Å². The first-order chi connectivity index (χ1) is 10.6. The molecule has 0 aliphatic carbocycles. The number of hydrogen-bond donors (Lipinski definition) is 1. The van der Waals surface area contributed by atoms with Crippen LogP contribution in [0.5, 0.6) is 11.5 Å². The van der Waals surface area contributed by atoms with E-state index in [4.69, 9.17) is 21.1 Å². The van der Waals surface area contributed by atoms with Crippen LogP contribution >= 0.6 is 11.6 Å². The normalized spacial score (nSPS) is 10.5. The van der Waals surface area contributed by atoms with Crippen LogP contribution < -0.4 is 14.8 Å². The van der Waals surface area contributed by atoms with E-state index in [2.05, 4.69) is 5.32 Å². The fraction of sp³-hybridized carbons (Fsp3) is 0.118. The first-order valence-electron chi connectivity index (χ1n) is 6.59. The molecule has 0 saturated carbocycles. The molecule has 0 aliphatic rings. The highest BCUT2D eigenvalue weighted by atomic mass is 35.5. The van der Waals surface area contributed by atoms with Crippen molar-refractivity contribution < 1.29 is 14.3 Å². The van der Waals surface area contributed by atoms with E-state index in [0.29, 0.717) is 22.2 Å². The number of rotatable bonds is 5. The second-order valence-electron chi connectivity index (χ2n) is 4.42. The molecule has 1 amide bonds. The lowest BCUT2D eigenvalue weighted by atomic mass is 10.2. The van der Waals surface area contributed by atoms with E-state index in [1.165, 1.54) is 6.08 Å². The number of methoxy groups -OCH3 is 2. The number of carbonyl (C=O) groups is 1. The first-order valence-corrected chi connectivity index (χ1v) is 6.97. The lowest BCUT2D eigenvalue weighted by molar-refractivity contribution is -0.111. The number of hydrogen-bond acceptors (Lipinski definition) is 3. The molecule has 2 rings (SSSR count). The number of benzene rings is 2. The number of carbonyl (C=O) groups excluding carboxylic acids is 1. The molecular formula is C17H16ClNO3. The van der Waals surface area contributed by atoms with Gasteiger partial charge in [-0.25, -0.2) is 0 Å². The monoisotopic (exact) mass is 317 g/mol. The van der Waals surface area contributed by atoms with Crippen molar-refractivity contribution in [3.63, 3.8) is 0 Å². The van der Waals surface area contributed by atoms with Crippen molar-refractivity contribution in [1.29, 1.82) is 0 Å². The number of ether oxygens (including phenoxy) is 2. The van der Waals surface area contributed by atoms with Gasteiger partial charge in [-0.15, -0.1) is 0 Å². The minimum absolute atomic E-state index is 0.253. The van der Waals surface area contributed by atoms with Gasteiger partial charge in [0.25, 0.3) is 0 Å². The molecule has 0 heterocycles. The maximum atomic E-state index is 12.0. The molecule has 0 aromatic heterocycles. The summed E-state index contributed by atoms with van der Waals surface area (Å²) in [4.78, 5) is 12.0. The predicted molar refractivity (Wildman–Crippen MR) is 88.7 cm³/mol. The van der Waals surface area contributed by atoms with Gasteiger partial charge in [0.15, 0.2) is 0 Å². The van der Waals surface area contributed by atoms with Crippen LogP contribution in [-0.4, -0.2) is 20.1 Å². The predicted octanol–water partition coefficient (Wildman–Crippen LogP) is 4.01. The van der Waals surface area contributed by atoms with Gasteiger partial charge in [0, 0.05) is 6.08 Å². The highest BCUT2D eigenvalue weighted by Crippen LogP contribution is 2.26. The number of anilines is 1. The summed E-state index contributed by atoms with van der Waals surface area (Å²) in [5, 5.41) is 3.26. The van der Waals surface area contributed by atoms with Gasteiger partial charge in [0.1, 0.15) is 11.5 Å². The Morgan fingerprint density at radius 2 is 1.82 bits per heavy atom. The van der Waals surface area contributed by atoms with Crippen LogP contribution in [0.3, 0.4) is 0 Å². The van der Waals surface area contributed by atoms with Crippen molar-refractivity contribution in [2.75, 3.05) is 19.5 Å². The number of halogens is 1. The summed E-state index contributed by atoms with van der Waals surface area (Å²) in [6.45, 7) is 0. The summed E-state index contributed by atoms with van der Waals surface area (Å²) >= 11 is 6.04. The van der Waals surface area contributed by atoms with Crippen molar-refractivity contribution in [3.8, 4) is 11.5 Å². The maximum absolute atomic E-state index is 12.0. The van der Waals surface area contributed by atoms with Crippen molar-refractivity contribution >= 4 is 29.3 Å². The van der Waals surface area contributed by atoms with Gasteiger partial charge in [-0.05, 0) is 35.9 Å². The standard InChI is InChI=1S/C17H16ClNO3/c1-21-15-9-7-12(11-13(15)18)8-10-17(20)19-14-5-3-4-6-16(14)22-2/h3-11H,1-2H3,(H,19,20). The van der Waals surface area contributed by atoms with Gasteiger partial charge < -0.3 is 14.8 Å². The Labute approximate surface area is 134 Å². The van der Waals surface area contributed by atoms with Crippen molar-refractivity contribution in [1.82, 2.24) is 0 Å². The number of amides is 1. The van der Waals surface area contributed by atoms with E-state index in [9.17, 15) is 4.79 Å². The molecule has 0 radical (unpaired) electrons. The smallest absolute Gasteiger partial charge is 0.248 e. The first kappa shape index (κ1) is 15.9. The molecule has 0 unspecified atom stereocenters. The molecule has 0 bridgehead atoms. The van der Waals surface area contributed by atoms with Gasteiger partial charge in [-0.3, -0.25) is 4.79 Å². The number of nitrogens with one attached hydrogen (secondary N) is 1. The summed E-state index contributed by atoms with van der Waals surface area (Å²) in [7, 11) is 3.11. The molecule has 4 nitrogen and oxygen atoms in total. The summed E-state index contributed by atoms with van der Waals surface area (Å²) in [6, 6.07) is 12.5. The molecule has 0 atom stereocenters. The van der Waals surface area contributed by atoms with Gasteiger partial charge in [0.05, 0.1) is 24.9 Å². The Morgan fingerprint density at radius 3 is 2.50 bits per heavy atom. The second kappa shape index (κ2) is 7.52. The average molecular weight is 318 g/mol. The molecule has 114 valence electrons. The van der Waals surface area contributed by atoms with Crippen molar-refractivity contribution in [2.45, 2.75) is 0 Å². The Kier molecular flexibility index (Phi) is 5.44. The van der Waals surface area contributed by atoms with Crippen LogP contribution in [0, 0.1) is 0 Å². The fourth-order valence-corrected chi connectivity index (χ4v) is 2.15. The third kappa shape index (κ3) is 4.02. The van der Waals surface area contributed by atoms with Crippen LogP contribution in [0.4, 0.5) is 5.69 Å². The molecule has 22 heavy (non-hydrogen) atoms. The molecule has 2 aromatic carbocycles. The molecule has 0 fully saturated rings. The molecule has 1 N–H and O–H groups in total. The Morgan fingerprint density at radius 1 is 1.09 bits per heavy atom. The van der Waals surface area contributed by atoms with Gasteiger partial charge in [-0.2, -0.15) is 0 Å². The fourth-order valence-electron chi connectivity index (χ4n) is 1.88. The van der Waals surface area contributed by atoms with E-state index in [0.717, 1.165) is 5.56 Å². The van der Waals surface area contributed by atoms with E-state index in [1.807, 2.05) is 18.2 Å². The third-order valence-electron chi connectivity index (χ3n) is 2.97. The summed E-state index contributed by atoms with van der Waals surface area (Å²) in [5.74, 6) is 0.950. The molecule has 2 aromatic rings. The molecule has 0 saturated heterocycles. The zero-order chi connectivity index (χ0) is 15.9. The van der Waals surface area contributed by atoms with Crippen LogP contribution in [-0.2, 0) is 4.79 Å². The highest BCUT2D eigenvalue weighted by Gasteiger charge is 2.04. The minimum Gasteiger partial charge on any atom is -0.495 e. The van der Waals surface area contributed by atoms with E-state index < -0.39 is 0 Å². The van der Waals surface area contributed by atoms with Crippen LogP contribution in [0.15, 0.2) is 48.5 Å². The van der Waals surface area contributed by atoms with Crippen LogP contribution in [0.1, 0.15) is 5.56 Å². The Hall–Kier alpha value is -2.46. The summed E-state index contributed by atoms with van der Waals surface area (Å²) < 4.78 is 10.3. The topological polar surface area (TPSA) is 47.6 Å². The van der Waals surface area contributed by atoms with Gasteiger partial charge >= 0.3 is 0 Å². The molecule has 0 spiro atoms. The zero-order valence-electron chi connectivity index (χ0n) is 12.3. The van der Waals surface area contributed by atoms with Crippen molar-refractivity contribution in [3.05, 3.63) is 59.1 Å². The minimum atomic E-state index is -0.253. The molecule has 5 heteroatoms. The van der Waals surface area contributed by atoms with Crippen molar-refractivity contribution in [2.24, 2.45) is 0 Å². The highest BCUT2D eigenvalue weighted by molar-refractivity contribution is 6.32. The molecular weight excluding hydrogens is 302 g/mol. The van der Waals surface area contributed by atoms with Gasteiger partial charge in [-0.1, -0.05) is 29.8 Å². The summed E-state index contributed by atoms with van der Waals surface area (Å²) in [5.41, 5.74) is 1.42. The SMILES string of the molecule is COc1ccc(C=CC(=O)Nc2ccccc2OC)cc1Cl. The quantitative estimate of drug-likeness (QED) is 0.848. The van der Waals surface area contributed by atoms with E-state index in [1.54, 1.807) is 44.6 Å². The second-order valence-corrected chi connectivity index (χ2v) is 4.82. The van der Waals surface area contributed by atoms with Crippen LogP contribution in [0.2, 0.25) is 5.02 Å². The summed E-state index contributed by atoms with van der Waals surface area (Å²) in [6.07, 6.45) is 3.11. The van der Waals surface area contributed by atoms with Gasteiger partial charge in [0.2, 0.25) is 5.91 Å². The number of para-hydroxylation sites is 2. The zero-order valence-corrected chi connectivity index (χ0v) is 13.1. The maximum Gasteiger partial charge on any atom is 0.248 e. The lowest BCUT2D eigenvalue weighted by Gasteiger charge is -2.07. The average Bonchev–Trinajstić information content (AvgIpc) is 2.53. The van der Waals surface area contributed by atoms with E-state index in [-0.39, 0.29) is 5.91 Å². The van der Waals surface area contributed by atoms with E-state index >= 15 is 0 Å².